The van der Waals surface area contributed by atoms with Gasteiger partial charge in [-0.15, -0.1) is 0 Å². The van der Waals surface area contributed by atoms with Crippen LogP contribution in [0.1, 0.15) is 52.6 Å². The number of ether oxygens (including phenoxy) is 2. The third-order valence-corrected chi connectivity index (χ3v) is 6.73. The van der Waals surface area contributed by atoms with E-state index in [2.05, 4.69) is 21.7 Å². The van der Waals surface area contributed by atoms with E-state index < -0.39 is 23.6 Å². The van der Waals surface area contributed by atoms with Crippen molar-refractivity contribution in [2.75, 3.05) is 0 Å². The third-order valence-electron chi connectivity index (χ3n) is 6.73. The Balaban J connectivity index is 1.11. The fourth-order valence-corrected chi connectivity index (χ4v) is 4.31. The van der Waals surface area contributed by atoms with Crippen LogP contribution in [0.2, 0.25) is 0 Å². The summed E-state index contributed by atoms with van der Waals surface area (Å²) < 4.78 is 11.6. The molecule has 0 aliphatic rings. The Bertz CT molecular complexity index is 1680. The van der Waals surface area contributed by atoms with Gasteiger partial charge in [0.05, 0.1) is 11.1 Å². The van der Waals surface area contributed by atoms with Crippen LogP contribution in [-0.4, -0.2) is 23.6 Å². The number of carbonyl (C=O) groups excluding carboxylic acids is 4. The highest BCUT2D eigenvalue weighted by Crippen LogP contribution is 2.20. The van der Waals surface area contributed by atoms with Crippen LogP contribution in [0.15, 0.2) is 133 Å². The molecule has 0 fully saturated rings. The molecule has 4 N–H and O–H groups in total. The summed E-state index contributed by atoms with van der Waals surface area (Å²) in [5.74, 6) is -1.58. The summed E-state index contributed by atoms with van der Waals surface area (Å²) in [4.78, 5) is 51.0. The average molecular weight is 615 g/mol. The lowest BCUT2D eigenvalue weighted by Crippen LogP contribution is -2.42. The summed E-state index contributed by atoms with van der Waals surface area (Å²) in [5.41, 5.74) is 12.3. The van der Waals surface area contributed by atoms with E-state index >= 15 is 0 Å². The molecule has 0 aliphatic carbocycles. The Morgan fingerprint density at radius 1 is 0.391 bits per heavy atom. The zero-order chi connectivity index (χ0) is 32.1. The minimum atomic E-state index is -0.594. The maximum absolute atomic E-state index is 12.8. The highest BCUT2D eigenvalue weighted by Gasteiger charge is 2.16. The second-order valence-electron chi connectivity index (χ2n) is 9.93. The van der Waals surface area contributed by atoms with Crippen LogP contribution in [0.4, 0.5) is 0 Å². The molecule has 0 saturated heterocycles. The molecular formula is C36H30N4O6. The fraction of sp³-hybridized carbons (Fsp3) is 0.0556. The SMILES string of the molecule is O=C(NNC(=O)c1ccccc1OCc1ccccc1)c1ccc(C(=O)NNC(=O)c2ccccc2OCc2ccccc2)cc1. The number of para-hydroxylation sites is 2. The summed E-state index contributed by atoms with van der Waals surface area (Å²) in [6, 6.07) is 38.1. The minimum absolute atomic E-state index is 0.194. The van der Waals surface area contributed by atoms with E-state index in [1.54, 1.807) is 48.5 Å². The largest absolute Gasteiger partial charge is 0.488 e. The van der Waals surface area contributed by atoms with Gasteiger partial charge in [0.2, 0.25) is 0 Å². The number of carbonyl (C=O) groups is 4. The molecule has 0 spiro atoms. The predicted molar refractivity (Wildman–Crippen MR) is 171 cm³/mol. The molecule has 0 radical (unpaired) electrons. The molecule has 0 saturated carbocycles. The zero-order valence-corrected chi connectivity index (χ0v) is 24.6. The minimum Gasteiger partial charge on any atom is -0.488 e. The van der Waals surface area contributed by atoms with Crippen molar-refractivity contribution in [3.05, 3.63) is 167 Å². The fourth-order valence-electron chi connectivity index (χ4n) is 4.31. The van der Waals surface area contributed by atoms with Gasteiger partial charge in [0.15, 0.2) is 0 Å². The van der Waals surface area contributed by atoms with Crippen molar-refractivity contribution in [1.82, 2.24) is 21.7 Å². The Morgan fingerprint density at radius 3 is 1.11 bits per heavy atom. The highest BCUT2D eigenvalue weighted by molar-refractivity contribution is 6.02. The van der Waals surface area contributed by atoms with E-state index in [-0.39, 0.29) is 35.5 Å². The van der Waals surface area contributed by atoms with E-state index in [1.807, 2.05) is 60.7 Å². The molecule has 0 bridgehead atoms. The van der Waals surface area contributed by atoms with Gasteiger partial charge in [-0.1, -0.05) is 84.9 Å². The lowest BCUT2D eigenvalue weighted by molar-refractivity contribution is 0.0842. The molecule has 5 aromatic carbocycles. The molecule has 46 heavy (non-hydrogen) atoms. The smallest absolute Gasteiger partial charge is 0.273 e. The van der Waals surface area contributed by atoms with Crippen LogP contribution >= 0.6 is 0 Å². The van der Waals surface area contributed by atoms with Crippen LogP contribution in [0.3, 0.4) is 0 Å². The van der Waals surface area contributed by atoms with Crippen molar-refractivity contribution in [3.63, 3.8) is 0 Å². The van der Waals surface area contributed by atoms with Gasteiger partial charge in [-0.2, -0.15) is 0 Å². The molecule has 0 atom stereocenters. The van der Waals surface area contributed by atoms with Gasteiger partial charge in [-0.3, -0.25) is 40.9 Å². The van der Waals surface area contributed by atoms with E-state index in [0.717, 1.165) is 11.1 Å². The Morgan fingerprint density at radius 2 is 0.717 bits per heavy atom. The van der Waals surface area contributed by atoms with Crippen molar-refractivity contribution in [2.45, 2.75) is 13.2 Å². The number of hydrazine groups is 2. The quantitative estimate of drug-likeness (QED) is 0.164. The summed E-state index contributed by atoms with van der Waals surface area (Å²) in [6.45, 7) is 0.551. The van der Waals surface area contributed by atoms with Crippen molar-refractivity contribution in [1.29, 1.82) is 0 Å². The summed E-state index contributed by atoms with van der Waals surface area (Å²) in [6.07, 6.45) is 0. The Hall–Kier alpha value is -6.42. The van der Waals surface area contributed by atoms with Crippen LogP contribution < -0.4 is 31.2 Å². The van der Waals surface area contributed by atoms with Crippen molar-refractivity contribution in [3.8, 4) is 11.5 Å². The van der Waals surface area contributed by atoms with Gasteiger partial charge in [-0.05, 0) is 59.7 Å². The molecule has 0 aliphatic heterocycles. The summed E-state index contributed by atoms with van der Waals surface area (Å²) in [5, 5.41) is 0. The molecular weight excluding hydrogens is 584 g/mol. The van der Waals surface area contributed by atoms with Crippen molar-refractivity contribution >= 4 is 23.6 Å². The summed E-state index contributed by atoms with van der Waals surface area (Å²) in [7, 11) is 0. The number of amides is 4. The van der Waals surface area contributed by atoms with Gasteiger partial charge in [0.25, 0.3) is 23.6 Å². The van der Waals surface area contributed by atoms with E-state index in [1.165, 1.54) is 24.3 Å². The first kappa shape index (κ1) is 31.0. The van der Waals surface area contributed by atoms with Gasteiger partial charge < -0.3 is 9.47 Å². The average Bonchev–Trinajstić information content (AvgIpc) is 3.12. The van der Waals surface area contributed by atoms with Crippen LogP contribution in [0.25, 0.3) is 0 Å². The van der Waals surface area contributed by atoms with Crippen LogP contribution in [-0.2, 0) is 13.2 Å². The molecule has 10 heteroatoms. The van der Waals surface area contributed by atoms with E-state index in [4.69, 9.17) is 9.47 Å². The first-order valence-electron chi connectivity index (χ1n) is 14.3. The third kappa shape index (κ3) is 8.35. The number of nitrogens with one attached hydrogen (secondary N) is 4. The first-order valence-corrected chi connectivity index (χ1v) is 14.3. The van der Waals surface area contributed by atoms with Crippen molar-refractivity contribution in [2.24, 2.45) is 0 Å². The Labute approximate surface area is 265 Å². The lowest BCUT2D eigenvalue weighted by atomic mass is 10.1. The van der Waals surface area contributed by atoms with Gasteiger partial charge >= 0.3 is 0 Å². The Kier molecular flexibility index (Phi) is 10.4. The van der Waals surface area contributed by atoms with Crippen molar-refractivity contribution < 1.29 is 28.7 Å². The zero-order valence-electron chi connectivity index (χ0n) is 24.6. The van der Waals surface area contributed by atoms with Gasteiger partial charge in [0.1, 0.15) is 24.7 Å². The van der Waals surface area contributed by atoms with Gasteiger partial charge in [-0.25, -0.2) is 0 Å². The number of hydrogen-bond donors (Lipinski definition) is 4. The van der Waals surface area contributed by atoms with Crippen LogP contribution in [0.5, 0.6) is 11.5 Å². The highest BCUT2D eigenvalue weighted by atomic mass is 16.5. The van der Waals surface area contributed by atoms with Crippen LogP contribution in [0, 0.1) is 0 Å². The predicted octanol–water partition coefficient (Wildman–Crippen LogP) is 4.99. The normalized spacial score (nSPS) is 10.3. The topological polar surface area (TPSA) is 135 Å². The molecule has 10 nitrogen and oxygen atoms in total. The standard InChI is InChI=1S/C36H30N4O6/c41-33(37-39-35(43)29-15-7-9-17-31(29)45-23-25-11-3-1-4-12-25)27-19-21-28(22-20-27)34(42)38-40-36(44)30-16-8-10-18-32(30)46-24-26-13-5-2-6-14-26/h1-22H,23-24H2,(H,37,41)(H,38,42)(H,39,43)(H,40,44). The number of rotatable bonds is 10. The molecule has 5 rings (SSSR count). The lowest BCUT2D eigenvalue weighted by Gasteiger charge is -2.13. The molecule has 0 heterocycles. The maximum Gasteiger partial charge on any atom is 0.273 e. The second kappa shape index (κ2) is 15.3. The molecule has 230 valence electrons. The second-order valence-corrected chi connectivity index (χ2v) is 9.93. The van der Waals surface area contributed by atoms with Gasteiger partial charge in [0, 0.05) is 11.1 Å². The first-order chi connectivity index (χ1) is 22.5. The molecule has 0 unspecified atom stereocenters. The van der Waals surface area contributed by atoms with E-state index in [9.17, 15) is 19.2 Å². The van der Waals surface area contributed by atoms with E-state index in [0.29, 0.717) is 11.5 Å². The summed E-state index contributed by atoms with van der Waals surface area (Å²) >= 11 is 0. The molecule has 5 aromatic rings. The molecule has 4 amide bonds. The monoisotopic (exact) mass is 614 g/mol. The molecule has 0 aromatic heterocycles. The number of benzene rings is 5. The number of hydrogen-bond acceptors (Lipinski definition) is 6. The maximum atomic E-state index is 12.8.